The highest BCUT2D eigenvalue weighted by Gasteiger charge is 2.37. The molecule has 0 saturated heterocycles. The van der Waals surface area contributed by atoms with Gasteiger partial charge in [-0.1, -0.05) is 32.9 Å². The van der Waals surface area contributed by atoms with E-state index in [9.17, 15) is 9.59 Å². The minimum absolute atomic E-state index is 0.127. The van der Waals surface area contributed by atoms with Gasteiger partial charge in [0.25, 0.3) is 0 Å². The first-order valence-corrected chi connectivity index (χ1v) is 9.40. The van der Waals surface area contributed by atoms with E-state index in [2.05, 4.69) is 33.9 Å². The molecule has 0 aromatic heterocycles. The van der Waals surface area contributed by atoms with Crippen molar-refractivity contribution in [3.05, 3.63) is 12.2 Å². The maximum Gasteiger partial charge on any atom is 0.302 e. The molecule has 19 heavy (non-hydrogen) atoms. The van der Waals surface area contributed by atoms with Crippen molar-refractivity contribution in [1.82, 2.24) is 0 Å². The van der Waals surface area contributed by atoms with Crippen LogP contribution in [0.4, 0.5) is 0 Å². The molecule has 0 aliphatic rings. The van der Waals surface area contributed by atoms with Gasteiger partial charge in [0.1, 0.15) is 12.9 Å². The lowest BCUT2D eigenvalue weighted by molar-refractivity contribution is -0.139. The van der Waals surface area contributed by atoms with Gasteiger partial charge in [0.2, 0.25) is 0 Å². The third-order valence-electron chi connectivity index (χ3n) is 3.38. The summed E-state index contributed by atoms with van der Waals surface area (Å²) in [6.45, 7) is 12.7. The first kappa shape index (κ1) is 18.1. The summed E-state index contributed by atoms with van der Waals surface area (Å²) in [5, 5.41) is 0.127. The van der Waals surface area contributed by atoms with Crippen LogP contribution in [0, 0.1) is 5.92 Å². The molecule has 0 aromatic rings. The molecule has 4 nitrogen and oxygen atoms in total. The predicted molar refractivity (Wildman–Crippen MR) is 78.5 cm³/mol. The van der Waals surface area contributed by atoms with Gasteiger partial charge in [-0.15, -0.1) is 0 Å². The maximum atomic E-state index is 11.0. The van der Waals surface area contributed by atoms with Gasteiger partial charge in [0, 0.05) is 13.5 Å². The number of esters is 1. The predicted octanol–water partition coefficient (Wildman–Crippen LogP) is 2.94. The van der Waals surface area contributed by atoms with Gasteiger partial charge in [0.15, 0.2) is 8.32 Å². The largest absolute Gasteiger partial charge is 0.462 e. The molecule has 0 bridgehead atoms. The van der Waals surface area contributed by atoms with Gasteiger partial charge in [-0.25, -0.2) is 0 Å². The molecule has 0 radical (unpaired) electrons. The minimum Gasteiger partial charge on any atom is -0.462 e. The molecule has 0 heterocycles. The fourth-order valence-electron chi connectivity index (χ4n) is 1.06. The molecule has 0 fully saturated rings. The van der Waals surface area contributed by atoms with Crippen molar-refractivity contribution >= 4 is 20.6 Å². The van der Waals surface area contributed by atoms with Crippen LogP contribution in [0.3, 0.4) is 0 Å². The zero-order valence-electron chi connectivity index (χ0n) is 12.9. The van der Waals surface area contributed by atoms with Crippen molar-refractivity contribution in [3.8, 4) is 0 Å². The summed E-state index contributed by atoms with van der Waals surface area (Å²) in [5.41, 5.74) is 0. The van der Waals surface area contributed by atoms with E-state index < -0.39 is 8.32 Å². The molecule has 0 saturated carbocycles. The first-order valence-electron chi connectivity index (χ1n) is 6.49. The summed E-state index contributed by atoms with van der Waals surface area (Å²) >= 11 is 0. The van der Waals surface area contributed by atoms with E-state index >= 15 is 0 Å². The number of carbonyl (C=O) groups excluding carboxylic acids is 2. The highest BCUT2D eigenvalue weighted by molar-refractivity contribution is 6.74. The van der Waals surface area contributed by atoms with E-state index in [1.165, 1.54) is 6.92 Å². The standard InChI is InChI=1S/C14H26O4Si/c1-12(16)17-9-7-8-13(10-15)11-18-19(5,6)14(2,3)4/h7-8,10,13H,9,11H2,1-6H3/b8-7+/t13-/m0/s1. The van der Waals surface area contributed by atoms with E-state index in [0.717, 1.165) is 6.29 Å². The molecule has 0 aliphatic carbocycles. The molecule has 0 aromatic carbocycles. The third kappa shape index (κ3) is 7.27. The van der Waals surface area contributed by atoms with Gasteiger partial charge in [-0.05, 0) is 18.1 Å². The second-order valence-corrected chi connectivity index (χ2v) is 10.9. The van der Waals surface area contributed by atoms with E-state index in [1.807, 2.05) is 0 Å². The molecule has 0 N–H and O–H groups in total. The van der Waals surface area contributed by atoms with E-state index in [-0.39, 0.29) is 23.5 Å². The van der Waals surface area contributed by atoms with Crippen molar-refractivity contribution in [2.24, 2.45) is 5.92 Å². The highest BCUT2D eigenvalue weighted by atomic mass is 28.4. The molecule has 110 valence electrons. The SMILES string of the molecule is CC(=O)OC/C=C/[C@@H](C=O)CO[Si](C)(C)C(C)(C)C. The molecule has 0 spiro atoms. The van der Waals surface area contributed by atoms with Crippen molar-refractivity contribution in [2.75, 3.05) is 13.2 Å². The van der Waals surface area contributed by atoms with Crippen LogP contribution < -0.4 is 0 Å². The Balaban J connectivity index is 4.28. The normalized spacial score (nSPS) is 14.4. The molecule has 0 unspecified atom stereocenters. The molecule has 0 amide bonds. The Kier molecular flexibility index (Phi) is 7.22. The van der Waals surface area contributed by atoms with Gasteiger partial charge < -0.3 is 14.0 Å². The van der Waals surface area contributed by atoms with Crippen LogP contribution in [-0.4, -0.2) is 33.8 Å². The molecular weight excluding hydrogens is 260 g/mol. The number of hydrogen-bond acceptors (Lipinski definition) is 4. The summed E-state index contributed by atoms with van der Waals surface area (Å²) < 4.78 is 10.7. The quantitative estimate of drug-likeness (QED) is 0.312. The average Bonchev–Trinajstić information content (AvgIpc) is 2.26. The first-order chi connectivity index (χ1) is 8.60. The van der Waals surface area contributed by atoms with E-state index in [0.29, 0.717) is 6.61 Å². The van der Waals surface area contributed by atoms with Crippen LogP contribution >= 0.6 is 0 Å². The number of aldehydes is 1. The number of carbonyl (C=O) groups is 2. The summed E-state index contributed by atoms with van der Waals surface area (Å²) in [5.74, 6) is -0.616. The fourth-order valence-corrected chi connectivity index (χ4v) is 2.10. The van der Waals surface area contributed by atoms with Crippen molar-refractivity contribution in [2.45, 2.75) is 45.8 Å². The lowest BCUT2D eigenvalue weighted by Crippen LogP contribution is -2.42. The van der Waals surface area contributed by atoms with E-state index in [4.69, 9.17) is 9.16 Å². The van der Waals surface area contributed by atoms with Crippen LogP contribution in [0.5, 0.6) is 0 Å². The second-order valence-electron chi connectivity index (χ2n) is 6.10. The van der Waals surface area contributed by atoms with Crippen molar-refractivity contribution in [3.63, 3.8) is 0 Å². The van der Waals surface area contributed by atoms with Gasteiger partial charge >= 0.3 is 5.97 Å². The smallest absolute Gasteiger partial charge is 0.302 e. The van der Waals surface area contributed by atoms with Crippen LogP contribution in [0.25, 0.3) is 0 Å². The van der Waals surface area contributed by atoms with Gasteiger partial charge in [-0.3, -0.25) is 4.79 Å². The molecule has 0 rings (SSSR count). The lowest BCUT2D eigenvalue weighted by atomic mass is 10.2. The summed E-state index contributed by atoms with van der Waals surface area (Å²) in [6.07, 6.45) is 4.26. The van der Waals surface area contributed by atoms with Gasteiger partial charge in [-0.2, -0.15) is 0 Å². The Morgan fingerprint density at radius 1 is 1.32 bits per heavy atom. The van der Waals surface area contributed by atoms with E-state index in [1.54, 1.807) is 12.2 Å². The van der Waals surface area contributed by atoms with Crippen molar-refractivity contribution in [1.29, 1.82) is 0 Å². The fraction of sp³-hybridized carbons (Fsp3) is 0.714. The molecule has 0 aliphatic heterocycles. The lowest BCUT2D eigenvalue weighted by Gasteiger charge is -2.36. The Bertz CT molecular complexity index is 329. The molecule has 1 atom stereocenters. The summed E-state index contributed by atoms with van der Waals surface area (Å²) in [4.78, 5) is 21.6. The van der Waals surface area contributed by atoms with Crippen LogP contribution in [0.15, 0.2) is 12.2 Å². The summed E-state index contributed by atoms with van der Waals surface area (Å²) in [7, 11) is -1.83. The zero-order chi connectivity index (χ0) is 15.1. The Morgan fingerprint density at radius 2 is 1.89 bits per heavy atom. The Hall–Kier alpha value is -0.943. The minimum atomic E-state index is -1.83. The number of hydrogen-bond donors (Lipinski definition) is 0. The van der Waals surface area contributed by atoms with Crippen LogP contribution in [0.2, 0.25) is 18.1 Å². The topological polar surface area (TPSA) is 52.6 Å². The molecular formula is C14H26O4Si. The van der Waals surface area contributed by atoms with Crippen molar-refractivity contribution < 1.29 is 18.8 Å². The average molecular weight is 286 g/mol. The zero-order valence-corrected chi connectivity index (χ0v) is 13.9. The van der Waals surface area contributed by atoms with Gasteiger partial charge in [0.05, 0.1) is 5.92 Å². The van der Waals surface area contributed by atoms with Crippen LogP contribution in [0.1, 0.15) is 27.7 Å². The number of ether oxygens (including phenoxy) is 1. The third-order valence-corrected chi connectivity index (χ3v) is 7.88. The monoisotopic (exact) mass is 286 g/mol. The number of rotatable bonds is 7. The Labute approximate surface area is 117 Å². The Morgan fingerprint density at radius 3 is 2.32 bits per heavy atom. The van der Waals surface area contributed by atoms with Crippen LogP contribution in [-0.2, 0) is 18.8 Å². The molecule has 5 heteroatoms. The highest BCUT2D eigenvalue weighted by Crippen LogP contribution is 2.36. The summed E-state index contributed by atoms with van der Waals surface area (Å²) in [6, 6.07) is 0. The second kappa shape index (κ2) is 7.60. The maximum absolute atomic E-state index is 11.0.